The summed E-state index contributed by atoms with van der Waals surface area (Å²) in [6.07, 6.45) is 0. The normalized spacial score (nSPS) is 3.00. The van der Waals surface area contributed by atoms with Crippen LogP contribution in [0.25, 0.3) is 0 Å². The predicted molar refractivity (Wildman–Crippen MR) is 17.5 cm³/mol. The van der Waals surface area contributed by atoms with Crippen LogP contribution >= 0.6 is 0 Å². The summed E-state index contributed by atoms with van der Waals surface area (Å²) in [7, 11) is 0. The van der Waals surface area contributed by atoms with E-state index in [-0.39, 0.29) is 23.1 Å². The second-order valence-corrected chi connectivity index (χ2v) is 0.204. The first kappa shape index (κ1) is 8.82. The number of hydrogen-bond acceptors (Lipinski definition) is 2. The molecule has 0 saturated heterocycles. The fourth-order valence-electron chi connectivity index (χ4n) is 0. The lowest BCUT2D eigenvalue weighted by molar-refractivity contribution is 0.630. The van der Waals surface area contributed by atoms with E-state index in [0.717, 1.165) is 0 Å². The van der Waals surface area contributed by atoms with Crippen molar-refractivity contribution in [2.45, 2.75) is 0 Å². The van der Waals surface area contributed by atoms with E-state index in [2.05, 4.69) is 0 Å². The lowest BCUT2D eigenvalue weighted by atomic mass is 15.9. The van der Waals surface area contributed by atoms with E-state index in [9.17, 15) is 0 Å². The Morgan fingerprint density at radius 1 is 1.25 bits per heavy atom. The van der Waals surface area contributed by atoms with Gasteiger partial charge in [0.1, 0.15) is 0 Å². The smallest absolute Gasteiger partial charge is 0.168 e. The van der Waals surface area contributed by atoms with Crippen molar-refractivity contribution in [3.63, 3.8) is 0 Å². The average molecular weight is 90.4 g/mol. The zero-order chi connectivity index (χ0) is 2.71. The summed E-state index contributed by atoms with van der Waals surface area (Å²) in [5.41, 5.74) is 0. The second-order valence-electron chi connectivity index (χ2n) is 0.0680. The van der Waals surface area contributed by atoms with E-state index in [1.165, 1.54) is 0 Å². The van der Waals surface area contributed by atoms with Crippen molar-refractivity contribution in [2.24, 2.45) is 0 Å². The molecule has 0 radical (unpaired) electrons. The molecule has 0 amide bonds. The van der Waals surface area contributed by atoms with Crippen LogP contribution in [0.5, 0.6) is 0 Å². The van der Waals surface area contributed by atoms with Crippen molar-refractivity contribution in [1.29, 1.82) is 0 Å². The van der Waals surface area contributed by atoms with Crippen LogP contribution < -0.4 is 0 Å². The summed E-state index contributed by atoms with van der Waals surface area (Å²) < 4.78 is 16.6. The Labute approximate surface area is 43.3 Å². The maximum atomic E-state index is 8.29. The first-order chi connectivity index (χ1) is 1.41. The van der Waals surface area contributed by atoms with Gasteiger partial charge in [-0.15, -0.1) is 0 Å². The monoisotopic (exact) mass is 90.0 g/mol. The van der Waals surface area contributed by atoms with Crippen LogP contribution in [-0.4, -0.2) is 31.5 Å². The molecule has 0 heterocycles. The number of hydrogen-bond donors (Lipinski definition) is 0. The Hall–Kier alpha value is 0.586. The molecule has 22 valence electrons. The van der Waals surface area contributed by atoms with Crippen LogP contribution in [0.15, 0.2) is 0 Å². The van der Waals surface area contributed by atoms with E-state index in [1.807, 2.05) is 0 Å². The minimum atomic E-state index is -0.750. The van der Waals surface area contributed by atoms with E-state index < -0.39 is 11.6 Å². The van der Waals surface area contributed by atoms with Gasteiger partial charge in [0.15, 0.2) is 0 Å². The Morgan fingerprint density at radius 3 is 1.25 bits per heavy atom. The molecule has 0 saturated carbocycles. The Kier molecular flexibility index (Phi) is 21.0. The SMILES string of the molecule is O=S=O.[MgH2]. The summed E-state index contributed by atoms with van der Waals surface area (Å²) >= 11 is -0.750. The van der Waals surface area contributed by atoms with Crippen molar-refractivity contribution in [1.82, 2.24) is 0 Å². The summed E-state index contributed by atoms with van der Waals surface area (Å²) in [6.45, 7) is 0. The van der Waals surface area contributed by atoms with Gasteiger partial charge in [-0.05, 0) is 0 Å². The zero-order valence-electron chi connectivity index (χ0n) is 1.22. The molecular weight excluding hydrogens is 88.4 g/mol. The van der Waals surface area contributed by atoms with Gasteiger partial charge in [0.2, 0.25) is 0 Å². The topological polar surface area (TPSA) is 34.1 Å². The van der Waals surface area contributed by atoms with Crippen molar-refractivity contribution in [2.75, 3.05) is 0 Å². The largest absolute Gasteiger partial charge is 0.335 e. The highest BCUT2D eigenvalue weighted by Gasteiger charge is 1.12. The van der Waals surface area contributed by atoms with Crippen molar-refractivity contribution in [3.05, 3.63) is 0 Å². The summed E-state index contributed by atoms with van der Waals surface area (Å²) in [4.78, 5) is 0. The number of rotatable bonds is 0. The molecule has 0 unspecified atom stereocenters. The molecule has 0 aliphatic rings. The Balaban J connectivity index is 0. The third-order valence-electron chi connectivity index (χ3n) is 0. The molecule has 0 rings (SSSR count). The molecule has 0 aliphatic carbocycles. The molecule has 0 aromatic heterocycles. The second kappa shape index (κ2) is 9.53. The van der Waals surface area contributed by atoms with Crippen LogP contribution in [0.1, 0.15) is 0 Å². The molecule has 0 bridgehead atoms. The minimum absolute atomic E-state index is 0. The van der Waals surface area contributed by atoms with E-state index in [0.29, 0.717) is 0 Å². The summed E-state index contributed by atoms with van der Waals surface area (Å²) in [6, 6.07) is 0. The van der Waals surface area contributed by atoms with E-state index in [4.69, 9.17) is 8.42 Å². The minimum Gasteiger partial charge on any atom is -0.168 e. The van der Waals surface area contributed by atoms with Crippen molar-refractivity contribution >= 4 is 34.6 Å². The summed E-state index contributed by atoms with van der Waals surface area (Å²) in [5.74, 6) is 0. The predicted octanol–water partition coefficient (Wildman–Crippen LogP) is -1.59. The Morgan fingerprint density at radius 2 is 1.25 bits per heavy atom. The average Bonchev–Trinajstić information content (AvgIpc) is 0.918. The molecule has 0 N–H and O–H groups in total. The molecule has 4 heavy (non-hydrogen) atoms. The Bertz CT molecular complexity index is 27.0. The highest BCUT2D eigenvalue weighted by Crippen LogP contribution is 0.846. The molecule has 2 nitrogen and oxygen atoms in total. The van der Waals surface area contributed by atoms with Gasteiger partial charge in [-0.2, -0.15) is 8.42 Å². The van der Waals surface area contributed by atoms with Gasteiger partial charge in [0.25, 0.3) is 0 Å². The van der Waals surface area contributed by atoms with Crippen LogP contribution in [0.3, 0.4) is 0 Å². The van der Waals surface area contributed by atoms with Crippen LogP contribution in [0.2, 0.25) is 0 Å². The lowest BCUT2D eigenvalue weighted by Gasteiger charge is -0.947. The first-order valence-corrected chi connectivity index (χ1v) is 1.00. The van der Waals surface area contributed by atoms with Gasteiger partial charge in [-0.1, -0.05) is 0 Å². The quantitative estimate of drug-likeness (QED) is 0.336. The molecule has 0 aliphatic heterocycles. The van der Waals surface area contributed by atoms with Gasteiger partial charge in [-0.3, -0.25) is 0 Å². The zero-order valence-corrected chi connectivity index (χ0v) is 2.04. The van der Waals surface area contributed by atoms with Gasteiger partial charge in [-0.25, -0.2) is 0 Å². The van der Waals surface area contributed by atoms with Gasteiger partial charge in [0.05, 0.1) is 0 Å². The standard InChI is InChI=1S/Mg.O2S.2H/c;1-3-2;;. The van der Waals surface area contributed by atoms with Gasteiger partial charge in [0, 0.05) is 0 Å². The third kappa shape index (κ3) is 18.9. The highest BCUT2D eigenvalue weighted by atomic mass is 32.1. The highest BCUT2D eigenvalue weighted by molar-refractivity contribution is 7.51. The lowest BCUT2D eigenvalue weighted by Crippen LogP contribution is -1.18. The van der Waals surface area contributed by atoms with Crippen LogP contribution in [0, 0.1) is 0 Å². The van der Waals surface area contributed by atoms with Gasteiger partial charge < -0.3 is 0 Å². The summed E-state index contributed by atoms with van der Waals surface area (Å²) in [5, 5.41) is 0. The molecule has 0 atom stereocenters. The third-order valence-corrected chi connectivity index (χ3v) is 0. The molecule has 0 aromatic rings. The van der Waals surface area contributed by atoms with Crippen LogP contribution in [-0.2, 0) is 11.6 Å². The van der Waals surface area contributed by atoms with Crippen LogP contribution in [0.4, 0.5) is 0 Å². The van der Waals surface area contributed by atoms with Crippen molar-refractivity contribution in [3.8, 4) is 0 Å². The van der Waals surface area contributed by atoms with E-state index >= 15 is 0 Å². The first-order valence-electron chi connectivity index (χ1n) is 0.333. The maximum absolute atomic E-state index is 8.29. The fraction of sp³-hybridized carbons (Fsp3) is 0. The van der Waals surface area contributed by atoms with Gasteiger partial charge >= 0.3 is 34.6 Å². The molecule has 0 fully saturated rings. The molecule has 4 heteroatoms. The maximum Gasteiger partial charge on any atom is 0.335 e. The molecular formula is H2MgO2S. The molecule has 0 spiro atoms. The fourth-order valence-corrected chi connectivity index (χ4v) is 0. The van der Waals surface area contributed by atoms with Crippen molar-refractivity contribution < 1.29 is 8.42 Å². The molecule has 0 aromatic carbocycles. The van der Waals surface area contributed by atoms with E-state index in [1.54, 1.807) is 0 Å².